The van der Waals surface area contributed by atoms with Gasteiger partial charge in [0.05, 0.1) is 5.69 Å². The summed E-state index contributed by atoms with van der Waals surface area (Å²) in [4.78, 5) is 0.402. The standard InChI is InChI=1S/C15H15BrN2S/c1-9-6-7-11(16)8-13(9)18-14-10(2)4-3-5-12(14)15(17)19/h3-8,18H,1-2H3,(H2,17,19). The summed E-state index contributed by atoms with van der Waals surface area (Å²) < 4.78 is 1.03. The van der Waals surface area contributed by atoms with Gasteiger partial charge in [-0.15, -0.1) is 0 Å². The van der Waals surface area contributed by atoms with Crippen LogP contribution in [0, 0.1) is 13.8 Å². The molecular weight excluding hydrogens is 320 g/mol. The van der Waals surface area contributed by atoms with E-state index < -0.39 is 0 Å². The fourth-order valence-electron chi connectivity index (χ4n) is 1.90. The van der Waals surface area contributed by atoms with Gasteiger partial charge in [-0.2, -0.15) is 0 Å². The average molecular weight is 335 g/mol. The fraction of sp³-hybridized carbons (Fsp3) is 0.133. The van der Waals surface area contributed by atoms with E-state index in [9.17, 15) is 0 Å². The maximum atomic E-state index is 5.79. The quantitative estimate of drug-likeness (QED) is 0.814. The van der Waals surface area contributed by atoms with Gasteiger partial charge in [-0.3, -0.25) is 0 Å². The summed E-state index contributed by atoms with van der Waals surface area (Å²) in [5.74, 6) is 0. The van der Waals surface area contributed by atoms with E-state index in [4.69, 9.17) is 18.0 Å². The van der Waals surface area contributed by atoms with Gasteiger partial charge >= 0.3 is 0 Å². The number of aryl methyl sites for hydroxylation is 2. The summed E-state index contributed by atoms with van der Waals surface area (Å²) in [6.07, 6.45) is 0. The smallest absolute Gasteiger partial charge is 0.106 e. The molecule has 0 atom stereocenters. The number of nitrogens with one attached hydrogen (secondary N) is 1. The third-order valence-electron chi connectivity index (χ3n) is 3.00. The molecule has 98 valence electrons. The van der Waals surface area contributed by atoms with Crippen molar-refractivity contribution in [3.63, 3.8) is 0 Å². The van der Waals surface area contributed by atoms with Gasteiger partial charge < -0.3 is 11.1 Å². The predicted octanol–water partition coefficient (Wildman–Crippen LogP) is 4.44. The zero-order valence-electron chi connectivity index (χ0n) is 10.8. The number of hydrogen-bond donors (Lipinski definition) is 2. The third-order valence-corrected chi connectivity index (χ3v) is 3.71. The normalized spacial score (nSPS) is 10.3. The van der Waals surface area contributed by atoms with Gasteiger partial charge in [0.2, 0.25) is 0 Å². The lowest BCUT2D eigenvalue weighted by Crippen LogP contribution is -2.12. The highest BCUT2D eigenvalue weighted by Crippen LogP contribution is 2.28. The van der Waals surface area contributed by atoms with Crippen LogP contribution in [0.1, 0.15) is 16.7 Å². The van der Waals surface area contributed by atoms with E-state index in [1.807, 2.05) is 37.3 Å². The molecule has 0 unspecified atom stereocenters. The average Bonchev–Trinajstić information content (AvgIpc) is 2.35. The van der Waals surface area contributed by atoms with Crippen molar-refractivity contribution >= 4 is 44.5 Å². The highest BCUT2D eigenvalue weighted by atomic mass is 79.9. The van der Waals surface area contributed by atoms with Crippen molar-refractivity contribution in [3.8, 4) is 0 Å². The summed E-state index contributed by atoms with van der Waals surface area (Å²) in [6.45, 7) is 4.10. The Morgan fingerprint density at radius 3 is 2.58 bits per heavy atom. The zero-order chi connectivity index (χ0) is 14.0. The van der Waals surface area contributed by atoms with E-state index in [1.165, 1.54) is 5.56 Å². The molecule has 0 aliphatic rings. The van der Waals surface area contributed by atoms with Crippen molar-refractivity contribution in [2.24, 2.45) is 5.73 Å². The largest absolute Gasteiger partial charge is 0.389 e. The van der Waals surface area contributed by atoms with Crippen molar-refractivity contribution < 1.29 is 0 Å². The monoisotopic (exact) mass is 334 g/mol. The van der Waals surface area contributed by atoms with E-state index in [1.54, 1.807) is 0 Å². The first kappa shape index (κ1) is 14.0. The molecule has 19 heavy (non-hydrogen) atoms. The van der Waals surface area contributed by atoms with Crippen LogP contribution in [-0.2, 0) is 0 Å². The zero-order valence-corrected chi connectivity index (χ0v) is 13.2. The first-order valence-corrected chi connectivity index (χ1v) is 7.12. The van der Waals surface area contributed by atoms with Crippen molar-refractivity contribution in [1.82, 2.24) is 0 Å². The fourth-order valence-corrected chi connectivity index (χ4v) is 2.43. The lowest BCUT2D eigenvalue weighted by molar-refractivity contribution is 1.38. The first-order chi connectivity index (χ1) is 8.99. The van der Waals surface area contributed by atoms with Crippen LogP contribution in [0.2, 0.25) is 0 Å². The van der Waals surface area contributed by atoms with Crippen LogP contribution in [0.15, 0.2) is 40.9 Å². The lowest BCUT2D eigenvalue weighted by atomic mass is 10.1. The van der Waals surface area contributed by atoms with Crippen LogP contribution < -0.4 is 11.1 Å². The molecule has 4 heteroatoms. The number of thiocarbonyl (C=S) groups is 1. The van der Waals surface area contributed by atoms with E-state index >= 15 is 0 Å². The van der Waals surface area contributed by atoms with Crippen molar-refractivity contribution in [2.45, 2.75) is 13.8 Å². The minimum Gasteiger partial charge on any atom is -0.389 e. The van der Waals surface area contributed by atoms with Crippen molar-refractivity contribution in [1.29, 1.82) is 0 Å². The number of para-hydroxylation sites is 1. The molecule has 0 saturated carbocycles. The van der Waals surface area contributed by atoms with Gasteiger partial charge in [0.1, 0.15) is 4.99 Å². The number of hydrogen-bond acceptors (Lipinski definition) is 2. The second kappa shape index (κ2) is 5.72. The maximum Gasteiger partial charge on any atom is 0.106 e. The molecule has 0 amide bonds. The minimum atomic E-state index is 0.402. The molecule has 0 aliphatic heterocycles. The van der Waals surface area contributed by atoms with Crippen LogP contribution in [0.3, 0.4) is 0 Å². The van der Waals surface area contributed by atoms with Gasteiger partial charge in [-0.1, -0.05) is 46.3 Å². The number of rotatable bonds is 3. The van der Waals surface area contributed by atoms with Gasteiger partial charge in [-0.05, 0) is 43.2 Å². The number of anilines is 2. The molecule has 0 fully saturated rings. The van der Waals surface area contributed by atoms with Gasteiger partial charge in [0, 0.05) is 15.7 Å². The van der Waals surface area contributed by atoms with Crippen LogP contribution >= 0.6 is 28.1 Å². The number of benzene rings is 2. The molecule has 2 rings (SSSR count). The third kappa shape index (κ3) is 3.14. The molecule has 0 aliphatic carbocycles. The molecule has 2 aromatic carbocycles. The summed E-state index contributed by atoms with van der Waals surface area (Å²) in [7, 11) is 0. The van der Waals surface area contributed by atoms with E-state index in [-0.39, 0.29) is 0 Å². The van der Waals surface area contributed by atoms with Gasteiger partial charge in [-0.25, -0.2) is 0 Å². The Balaban J connectivity index is 2.49. The summed E-state index contributed by atoms with van der Waals surface area (Å²) in [5, 5.41) is 3.43. The van der Waals surface area contributed by atoms with Crippen LogP contribution in [-0.4, -0.2) is 4.99 Å². The first-order valence-electron chi connectivity index (χ1n) is 5.91. The summed E-state index contributed by atoms with van der Waals surface area (Å²) >= 11 is 8.60. The Bertz CT molecular complexity index is 638. The summed E-state index contributed by atoms with van der Waals surface area (Å²) in [5.41, 5.74) is 11.0. The van der Waals surface area contributed by atoms with E-state index in [0.29, 0.717) is 4.99 Å². The molecule has 0 bridgehead atoms. The van der Waals surface area contributed by atoms with Crippen LogP contribution in [0.25, 0.3) is 0 Å². The molecule has 0 heterocycles. The molecule has 0 aromatic heterocycles. The Hall–Kier alpha value is -1.39. The summed E-state index contributed by atoms with van der Waals surface area (Å²) in [6, 6.07) is 12.1. The molecular formula is C15H15BrN2S. The Morgan fingerprint density at radius 1 is 1.16 bits per heavy atom. The highest BCUT2D eigenvalue weighted by molar-refractivity contribution is 9.10. The van der Waals surface area contributed by atoms with Gasteiger partial charge in [0.15, 0.2) is 0 Å². The molecule has 0 radical (unpaired) electrons. The molecule has 2 nitrogen and oxygen atoms in total. The minimum absolute atomic E-state index is 0.402. The second-order valence-electron chi connectivity index (χ2n) is 4.45. The van der Waals surface area contributed by atoms with Crippen LogP contribution in [0.5, 0.6) is 0 Å². The molecule has 2 aromatic rings. The van der Waals surface area contributed by atoms with Crippen LogP contribution in [0.4, 0.5) is 11.4 Å². The lowest BCUT2D eigenvalue weighted by Gasteiger charge is -2.16. The Labute approximate surface area is 127 Å². The SMILES string of the molecule is Cc1ccc(Br)cc1Nc1c(C)cccc1C(N)=S. The topological polar surface area (TPSA) is 38.0 Å². The molecule has 3 N–H and O–H groups in total. The Morgan fingerprint density at radius 2 is 1.89 bits per heavy atom. The van der Waals surface area contributed by atoms with Crippen molar-refractivity contribution in [3.05, 3.63) is 57.6 Å². The molecule has 0 saturated heterocycles. The number of halogens is 1. The number of nitrogens with two attached hydrogens (primary N) is 1. The Kier molecular flexibility index (Phi) is 4.22. The second-order valence-corrected chi connectivity index (χ2v) is 5.80. The van der Waals surface area contributed by atoms with Crippen molar-refractivity contribution in [2.75, 3.05) is 5.32 Å². The highest BCUT2D eigenvalue weighted by Gasteiger charge is 2.09. The van der Waals surface area contributed by atoms with Gasteiger partial charge in [0.25, 0.3) is 0 Å². The van der Waals surface area contributed by atoms with E-state index in [0.717, 1.165) is 27.0 Å². The molecule has 0 spiro atoms. The predicted molar refractivity (Wildman–Crippen MR) is 89.2 cm³/mol. The maximum absolute atomic E-state index is 5.79. The van der Waals surface area contributed by atoms with E-state index in [2.05, 4.69) is 34.2 Å².